The molecule has 0 saturated carbocycles. The lowest BCUT2D eigenvalue weighted by molar-refractivity contribution is -0.130. The van der Waals surface area contributed by atoms with Crippen molar-refractivity contribution < 1.29 is 13.9 Å². The van der Waals surface area contributed by atoms with Crippen molar-refractivity contribution in [3.8, 4) is 0 Å². The molecule has 0 fully saturated rings. The summed E-state index contributed by atoms with van der Waals surface area (Å²) in [7, 11) is 0. The third-order valence-electron chi connectivity index (χ3n) is 3.28. The molecule has 0 atom stereocenters. The summed E-state index contributed by atoms with van der Waals surface area (Å²) < 4.78 is 18.9. The molecule has 3 rings (SSSR count). The first-order valence-corrected chi connectivity index (χ1v) is 6.60. The van der Waals surface area contributed by atoms with Gasteiger partial charge in [-0.1, -0.05) is 48.0 Å². The quantitative estimate of drug-likeness (QED) is 0.611. The number of aryl methyl sites for hydroxylation is 1. The zero-order chi connectivity index (χ0) is 14.8. The Morgan fingerprint density at radius 2 is 1.76 bits per heavy atom. The number of hydrogen-bond acceptors (Lipinski definition) is 2. The summed E-state index contributed by atoms with van der Waals surface area (Å²) >= 11 is 0. The van der Waals surface area contributed by atoms with Crippen molar-refractivity contribution in [2.45, 2.75) is 6.92 Å². The number of benzene rings is 2. The van der Waals surface area contributed by atoms with Gasteiger partial charge in [0.05, 0.1) is 5.57 Å². The molecule has 1 aliphatic heterocycles. The third kappa shape index (κ3) is 2.77. The predicted molar refractivity (Wildman–Crippen MR) is 79.6 cm³/mol. The molecule has 0 spiro atoms. The zero-order valence-corrected chi connectivity index (χ0v) is 11.5. The first-order chi connectivity index (χ1) is 10.1. The summed E-state index contributed by atoms with van der Waals surface area (Å²) in [6.45, 7) is 1.99. The number of ether oxygens (including phenoxy) is 1. The Hall–Kier alpha value is -2.68. The van der Waals surface area contributed by atoms with Gasteiger partial charge in [-0.3, -0.25) is 0 Å². The Bertz CT molecular complexity index is 755. The van der Waals surface area contributed by atoms with Gasteiger partial charge in [0.1, 0.15) is 11.6 Å². The van der Waals surface area contributed by atoms with Gasteiger partial charge < -0.3 is 4.74 Å². The highest BCUT2D eigenvalue weighted by Gasteiger charge is 2.22. The van der Waals surface area contributed by atoms with Crippen LogP contribution in [0, 0.1) is 12.7 Å². The average molecular weight is 280 g/mol. The zero-order valence-electron chi connectivity index (χ0n) is 11.5. The molecule has 0 bridgehead atoms. The molecule has 3 heteroatoms. The number of carbonyl (C=O) groups excluding carboxylic acids is 1. The van der Waals surface area contributed by atoms with Crippen LogP contribution in [0.5, 0.6) is 0 Å². The molecule has 0 N–H and O–H groups in total. The average Bonchev–Trinajstić information content (AvgIpc) is 2.83. The van der Waals surface area contributed by atoms with E-state index in [4.69, 9.17) is 4.74 Å². The van der Waals surface area contributed by atoms with Gasteiger partial charge in [-0.15, -0.1) is 0 Å². The van der Waals surface area contributed by atoms with Crippen LogP contribution >= 0.6 is 0 Å². The number of carbonyl (C=O) groups is 1. The predicted octanol–water partition coefficient (Wildman–Crippen LogP) is 4.12. The maximum absolute atomic E-state index is 13.6. The Morgan fingerprint density at radius 3 is 2.48 bits per heavy atom. The van der Waals surface area contributed by atoms with Gasteiger partial charge >= 0.3 is 5.97 Å². The maximum atomic E-state index is 13.6. The van der Waals surface area contributed by atoms with E-state index in [2.05, 4.69) is 0 Å². The first kappa shape index (κ1) is 13.3. The number of cyclic esters (lactones) is 1. The van der Waals surface area contributed by atoms with Gasteiger partial charge in [0, 0.05) is 11.1 Å². The van der Waals surface area contributed by atoms with Gasteiger partial charge in [0.15, 0.2) is 0 Å². The van der Waals surface area contributed by atoms with Gasteiger partial charge in [-0.2, -0.15) is 0 Å². The summed E-state index contributed by atoms with van der Waals surface area (Å²) in [5.41, 5.74) is 2.67. The topological polar surface area (TPSA) is 26.3 Å². The molecule has 2 aromatic carbocycles. The lowest BCUT2D eigenvalue weighted by atomic mass is 10.1. The Labute approximate surface area is 122 Å². The van der Waals surface area contributed by atoms with E-state index in [9.17, 15) is 9.18 Å². The largest absolute Gasteiger partial charge is 0.422 e. The lowest BCUT2D eigenvalue weighted by Crippen LogP contribution is -1.97. The van der Waals surface area contributed by atoms with Gasteiger partial charge in [-0.05, 0) is 25.1 Å². The van der Waals surface area contributed by atoms with Gasteiger partial charge in [0.25, 0.3) is 0 Å². The fraction of sp³-hybridized carbons (Fsp3) is 0.0556. The van der Waals surface area contributed by atoms with Crippen molar-refractivity contribution in [2.75, 3.05) is 0 Å². The smallest absolute Gasteiger partial charge is 0.343 e. The molecule has 0 aliphatic carbocycles. The van der Waals surface area contributed by atoms with E-state index >= 15 is 0 Å². The highest BCUT2D eigenvalue weighted by molar-refractivity contribution is 6.05. The van der Waals surface area contributed by atoms with Crippen molar-refractivity contribution in [2.24, 2.45) is 0 Å². The van der Waals surface area contributed by atoms with Crippen molar-refractivity contribution >= 4 is 17.8 Å². The molecule has 104 valence electrons. The molecular weight excluding hydrogens is 267 g/mol. The SMILES string of the molecule is Cc1ccc(C2=C/C(=C\c3ccccc3F)C(=O)O2)cc1. The lowest BCUT2D eigenvalue weighted by Gasteiger charge is -2.01. The second kappa shape index (κ2) is 5.37. The minimum Gasteiger partial charge on any atom is -0.422 e. The second-order valence-electron chi connectivity index (χ2n) is 4.89. The summed E-state index contributed by atoms with van der Waals surface area (Å²) in [6, 6.07) is 14.0. The van der Waals surface area contributed by atoms with Crippen molar-refractivity contribution in [3.63, 3.8) is 0 Å². The molecule has 2 nitrogen and oxygen atoms in total. The summed E-state index contributed by atoms with van der Waals surface area (Å²) in [6.07, 6.45) is 3.14. The van der Waals surface area contributed by atoms with Crippen LogP contribution in [-0.2, 0) is 9.53 Å². The number of rotatable bonds is 2. The van der Waals surface area contributed by atoms with Crippen molar-refractivity contribution in [1.82, 2.24) is 0 Å². The third-order valence-corrected chi connectivity index (χ3v) is 3.28. The summed E-state index contributed by atoms with van der Waals surface area (Å²) in [5, 5.41) is 0. The van der Waals surface area contributed by atoms with E-state index in [0.29, 0.717) is 16.9 Å². The molecule has 0 aromatic heterocycles. The monoisotopic (exact) mass is 280 g/mol. The van der Waals surface area contributed by atoms with Crippen molar-refractivity contribution in [3.05, 3.63) is 82.7 Å². The molecule has 0 radical (unpaired) electrons. The minimum atomic E-state index is -0.464. The van der Waals surface area contributed by atoms with E-state index < -0.39 is 5.97 Å². The Kier molecular flexibility index (Phi) is 3.40. The van der Waals surface area contributed by atoms with Gasteiger partial charge in [0.2, 0.25) is 0 Å². The van der Waals surface area contributed by atoms with E-state index in [1.54, 1.807) is 24.3 Å². The number of esters is 1. The molecular formula is C18H13FO2. The molecule has 21 heavy (non-hydrogen) atoms. The van der Waals surface area contributed by atoms with Crippen LogP contribution in [0.4, 0.5) is 4.39 Å². The van der Waals surface area contributed by atoms with Crippen LogP contribution in [0.1, 0.15) is 16.7 Å². The number of halogens is 1. The number of hydrogen-bond donors (Lipinski definition) is 0. The highest BCUT2D eigenvalue weighted by atomic mass is 19.1. The molecule has 0 amide bonds. The minimum absolute atomic E-state index is 0.343. The van der Waals surface area contributed by atoms with Crippen LogP contribution in [-0.4, -0.2) is 5.97 Å². The van der Waals surface area contributed by atoms with Crippen molar-refractivity contribution in [1.29, 1.82) is 0 Å². The molecule has 0 saturated heterocycles. The van der Waals surface area contributed by atoms with E-state index in [0.717, 1.165) is 11.1 Å². The van der Waals surface area contributed by atoms with E-state index in [1.165, 1.54) is 12.1 Å². The molecule has 1 aliphatic rings. The Morgan fingerprint density at radius 1 is 1.05 bits per heavy atom. The summed E-state index contributed by atoms with van der Waals surface area (Å²) in [4.78, 5) is 11.9. The van der Waals surface area contributed by atoms with Crippen LogP contribution in [0.25, 0.3) is 11.8 Å². The van der Waals surface area contributed by atoms with Crippen LogP contribution in [0.3, 0.4) is 0 Å². The van der Waals surface area contributed by atoms with E-state index in [-0.39, 0.29) is 5.82 Å². The Balaban J connectivity index is 1.96. The van der Waals surface area contributed by atoms with Gasteiger partial charge in [-0.25, -0.2) is 9.18 Å². The normalized spacial score (nSPS) is 16.0. The molecule has 1 heterocycles. The highest BCUT2D eigenvalue weighted by Crippen LogP contribution is 2.27. The summed E-state index contributed by atoms with van der Waals surface area (Å²) in [5.74, 6) is -0.341. The second-order valence-corrected chi connectivity index (χ2v) is 4.89. The van der Waals surface area contributed by atoms with Crippen LogP contribution in [0.15, 0.2) is 60.2 Å². The fourth-order valence-corrected chi connectivity index (χ4v) is 2.11. The maximum Gasteiger partial charge on any atom is 0.343 e. The van der Waals surface area contributed by atoms with Crippen LogP contribution in [0.2, 0.25) is 0 Å². The fourth-order valence-electron chi connectivity index (χ4n) is 2.11. The molecule has 0 unspecified atom stereocenters. The van der Waals surface area contributed by atoms with Crippen LogP contribution < -0.4 is 0 Å². The first-order valence-electron chi connectivity index (χ1n) is 6.60. The molecule has 2 aromatic rings. The standard InChI is InChI=1S/C18H13FO2/c1-12-6-8-13(9-7-12)17-11-15(18(20)21-17)10-14-4-2-3-5-16(14)19/h2-11H,1H3/b15-10+. The van der Waals surface area contributed by atoms with E-state index in [1.807, 2.05) is 31.2 Å².